The van der Waals surface area contributed by atoms with Crippen molar-refractivity contribution in [1.29, 1.82) is 5.26 Å². The number of nitrogens with zero attached hydrogens (tertiary/aromatic N) is 5. The number of hydrogen-bond donors (Lipinski definition) is 1. The van der Waals surface area contributed by atoms with Crippen LogP contribution in [0.2, 0.25) is 5.02 Å². The molecule has 102 valence electrons. The molecule has 0 aliphatic heterocycles. The Morgan fingerprint density at radius 3 is 2.81 bits per heavy atom. The predicted octanol–water partition coefficient (Wildman–Crippen LogP) is 2.94. The summed E-state index contributed by atoms with van der Waals surface area (Å²) >= 11 is 7.30. The average molecular weight is 315 g/mol. The van der Waals surface area contributed by atoms with E-state index in [0.717, 1.165) is 5.56 Å². The molecule has 0 bridgehead atoms. The van der Waals surface area contributed by atoms with Crippen LogP contribution >= 0.6 is 23.4 Å². The van der Waals surface area contributed by atoms with Crippen molar-refractivity contribution in [3.05, 3.63) is 47.4 Å². The van der Waals surface area contributed by atoms with E-state index in [9.17, 15) is 0 Å². The van der Waals surface area contributed by atoms with Crippen molar-refractivity contribution in [2.24, 2.45) is 0 Å². The summed E-state index contributed by atoms with van der Waals surface area (Å²) in [4.78, 5) is 12.4. The molecule has 6 nitrogen and oxygen atoms in total. The number of rotatable bonds is 3. The lowest BCUT2D eigenvalue weighted by molar-refractivity contribution is 0.967. The van der Waals surface area contributed by atoms with Crippen LogP contribution in [0, 0.1) is 11.3 Å². The zero-order chi connectivity index (χ0) is 14.7. The molecule has 0 amide bonds. The molecule has 0 radical (unpaired) electrons. The van der Waals surface area contributed by atoms with E-state index >= 15 is 0 Å². The lowest BCUT2D eigenvalue weighted by Gasteiger charge is -1.99. The number of aromatic amines is 1. The highest BCUT2D eigenvalue weighted by atomic mass is 35.5. The minimum atomic E-state index is 0.398. The summed E-state index contributed by atoms with van der Waals surface area (Å²) in [5.41, 5.74) is 1.31. The van der Waals surface area contributed by atoms with Gasteiger partial charge in [0.1, 0.15) is 11.1 Å². The standard InChI is InChI=1S/C13H7ClN6S/c14-10-5-8(6-15)7-17-12(10)21-13-18-11(19-20-13)9-1-3-16-4-2-9/h1-5,7H,(H,18,19,20). The van der Waals surface area contributed by atoms with Crippen LogP contribution in [0.4, 0.5) is 0 Å². The molecule has 0 saturated carbocycles. The Morgan fingerprint density at radius 2 is 2.10 bits per heavy atom. The van der Waals surface area contributed by atoms with Crippen LogP contribution in [-0.4, -0.2) is 25.1 Å². The predicted molar refractivity (Wildman–Crippen MR) is 77.7 cm³/mol. The van der Waals surface area contributed by atoms with Gasteiger partial charge in [-0.25, -0.2) is 9.97 Å². The maximum atomic E-state index is 8.78. The minimum Gasteiger partial charge on any atom is -0.265 e. The number of nitrogens with one attached hydrogen (secondary N) is 1. The van der Waals surface area contributed by atoms with Crippen molar-refractivity contribution in [3.8, 4) is 17.5 Å². The van der Waals surface area contributed by atoms with E-state index in [2.05, 4.69) is 25.1 Å². The number of H-pyrrole nitrogens is 1. The van der Waals surface area contributed by atoms with Crippen LogP contribution in [0.5, 0.6) is 0 Å². The van der Waals surface area contributed by atoms with Gasteiger partial charge in [-0.1, -0.05) is 11.6 Å². The summed E-state index contributed by atoms with van der Waals surface area (Å²) in [5.74, 6) is 0.643. The summed E-state index contributed by atoms with van der Waals surface area (Å²) < 4.78 is 0. The lowest BCUT2D eigenvalue weighted by atomic mass is 10.3. The second-order valence-corrected chi connectivity index (χ2v) is 5.29. The topological polar surface area (TPSA) is 91.1 Å². The second-order valence-electron chi connectivity index (χ2n) is 3.93. The zero-order valence-electron chi connectivity index (χ0n) is 10.5. The van der Waals surface area contributed by atoms with Crippen LogP contribution < -0.4 is 0 Å². The highest BCUT2D eigenvalue weighted by molar-refractivity contribution is 7.99. The molecule has 0 aliphatic rings. The fourth-order valence-electron chi connectivity index (χ4n) is 1.58. The third-order valence-corrected chi connectivity index (χ3v) is 3.83. The number of aromatic nitrogens is 5. The number of nitriles is 1. The number of halogens is 1. The maximum absolute atomic E-state index is 8.78. The molecule has 0 unspecified atom stereocenters. The van der Waals surface area contributed by atoms with E-state index in [1.165, 1.54) is 18.0 Å². The summed E-state index contributed by atoms with van der Waals surface area (Å²) in [7, 11) is 0. The Morgan fingerprint density at radius 1 is 1.29 bits per heavy atom. The molecule has 0 fully saturated rings. The quantitative estimate of drug-likeness (QED) is 0.799. The number of pyridine rings is 2. The zero-order valence-corrected chi connectivity index (χ0v) is 12.1. The Kier molecular flexibility index (Phi) is 3.81. The fraction of sp³-hybridized carbons (Fsp3) is 0. The van der Waals surface area contributed by atoms with E-state index in [4.69, 9.17) is 16.9 Å². The Bertz CT molecular complexity index is 811. The monoisotopic (exact) mass is 314 g/mol. The summed E-state index contributed by atoms with van der Waals surface area (Å²) in [6, 6.07) is 7.22. The summed E-state index contributed by atoms with van der Waals surface area (Å²) in [6.07, 6.45) is 4.83. The van der Waals surface area contributed by atoms with Crippen LogP contribution in [0.15, 0.2) is 47.0 Å². The highest BCUT2D eigenvalue weighted by Gasteiger charge is 2.11. The maximum Gasteiger partial charge on any atom is 0.215 e. The Balaban J connectivity index is 1.84. The number of hydrogen-bond acceptors (Lipinski definition) is 6. The molecular weight excluding hydrogens is 308 g/mol. The van der Waals surface area contributed by atoms with Crippen molar-refractivity contribution < 1.29 is 0 Å². The van der Waals surface area contributed by atoms with Crippen LogP contribution in [-0.2, 0) is 0 Å². The van der Waals surface area contributed by atoms with Gasteiger partial charge in [0, 0.05) is 24.2 Å². The van der Waals surface area contributed by atoms with Gasteiger partial charge in [-0.2, -0.15) is 5.26 Å². The Hall–Kier alpha value is -2.43. The largest absolute Gasteiger partial charge is 0.265 e. The van der Waals surface area contributed by atoms with Crippen molar-refractivity contribution in [1.82, 2.24) is 25.1 Å². The summed E-state index contributed by atoms with van der Waals surface area (Å²) in [6.45, 7) is 0. The van der Waals surface area contributed by atoms with Crippen molar-refractivity contribution >= 4 is 23.4 Å². The molecular formula is C13H7ClN6S. The van der Waals surface area contributed by atoms with Gasteiger partial charge in [-0.15, -0.1) is 5.10 Å². The molecule has 0 aromatic carbocycles. The first-order chi connectivity index (χ1) is 10.3. The van der Waals surface area contributed by atoms with Gasteiger partial charge < -0.3 is 0 Å². The first kappa shape index (κ1) is 13.5. The third-order valence-electron chi connectivity index (χ3n) is 2.54. The van der Waals surface area contributed by atoms with Crippen LogP contribution in [0.25, 0.3) is 11.4 Å². The molecule has 21 heavy (non-hydrogen) atoms. The van der Waals surface area contributed by atoms with E-state index in [1.807, 2.05) is 18.2 Å². The van der Waals surface area contributed by atoms with Crippen molar-refractivity contribution in [2.75, 3.05) is 0 Å². The van der Waals surface area contributed by atoms with E-state index in [1.54, 1.807) is 18.5 Å². The van der Waals surface area contributed by atoms with Crippen LogP contribution in [0.3, 0.4) is 0 Å². The van der Waals surface area contributed by atoms with Gasteiger partial charge in [-0.05, 0) is 30.0 Å². The normalized spacial score (nSPS) is 10.3. The molecule has 3 aromatic heterocycles. The molecule has 0 aliphatic carbocycles. The van der Waals surface area contributed by atoms with Crippen molar-refractivity contribution in [3.63, 3.8) is 0 Å². The molecule has 8 heteroatoms. The molecule has 3 aromatic rings. The molecule has 0 spiro atoms. The van der Waals surface area contributed by atoms with Gasteiger partial charge in [0.2, 0.25) is 5.16 Å². The van der Waals surface area contributed by atoms with Gasteiger partial charge >= 0.3 is 0 Å². The van der Waals surface area contributed by atoms with Gasteiger partial charge in [-0.3, -0.25) is 10.1 Å². The first-order valence-electron chi connectivity index (χ1n) is 5.82. The minimum absolute atomic E-state index is 0.398. The highest BCUT2D eigenvalue weighted by Crippen LogP contribution is 2.30. The van der Waals surface area contributed by atoms with Gasteiger partial charge in [0.25, 0.3) is 0 Å². The average Bonchev–Trinajstić information content (AvgIpc) is 2.99. The van der Waals surface area contributed by atoms with E-state index in [-0.39, 0.29) is 0 Å². The molecule has 3 rings (SSSR count). The summed E-state index contributed by atoms with van der Waals surface area (Å²) in [5, 5.41) is 17.2. The van der Waals surface area contributed by atoms with Gasteiger partial charge in [0.15, 0.2) is 5.82 Å². The van der Waals surface area contributed by atoms with Crippen molar-refractivity contribution in [2.45, 2.75) is 10.2 Å². The SMILES string of the molecule is N#Cc1cnc(Sc2n[nH]c(-c3ccncc3)n2)c(Cl)c1. The molecule has 3 heterocycles. The molecule has 0 saturated heterocycles. The molecule has 1 N–H and O–H groups in total. The smallest absolute Gasteiger partial charge is 0.215 e. The second kappa shape index (κ2) is 5.91. The molecule has 0 atom stereocenters. The van der Waals surface area contributed by atoms with E-state index in [0.29, 0.717) is 26.6 Å². The third kappa shape index (κ3) is 3.02. The Labute approximate surface area is 129 Å². The fourth-order valence-corrected chi connectivity index (χ4v) is 2.52. The lowest BCUT2D eigenvalue weighted by Crippen LogP contribution is -1.85. The first-order valence-corrected chi connectivity index (χ1v) is 7.02. The van der Waals surface area contributed by atoms with Crippen LogP contribution in [0.1, 0.15) is 5.56 Å². The van der Waals surface area contributed by atoms with Gasteiger partial charge in [0.05, 0.1) is 10.6 Å². The van der Waals surface area contributed by atoms with E-state index < -0.39 is 0 Å².